The van der Waals surface area contributed by atoms with Gasteiger partial charge in [0, 0.05) is 49.5 Å². The molecule has 60 heavy (non-hydrogen) atoms. The number of hydrogen-bond donors (Lipinski definition) is 0. The molecular formula is C57H39NO2. The van der Waals surface area contributed by atoms with Crippen molar-refractivity contribution in [2.45, 2.75) is 19.3 Å². The minimum Gasteiger partial charge on any atom is -0.456 e. The fourth-order valence-corrected chi connectivity index (χ4v) is 9.86. The van der Waals surface area contributed by atoms with E-state index in [0.717, 1.165) is 83.2 Å². The first-order valence-corrected chi connectivity index (χ1v) is 20.7. The molecule has 0 unspecified atom stereocenters. The highest BCUT2D eigenvalue weighted by molar-refractivity contribution is 6.25. The average molecular weight is 770 g/mol. The molecule has 0 spiro atoms. The van der Waals surface area contributed by atoms with Crippen molar-refractivity contribution in [3.63, 3.8) is 0 Å². The molecule has 2 aromatic heterocycles. The summed E-state index contributed by atoms with van der Waals surface area (Å²) in [5.74, 6) is 0. The fraction of sp³-hybridized carbons (Fsp3) is 0.0526. The second kappa shape index (κ2) is 13.2. The van der Waals surface area contributed by atoms with Crippen LogP contribution < -0.4 is 4.90 Å². The largest absolute Gasteiger partial charge is 0.456 e. The molecule has 0 N–H and O–H groups in total. The van der Waals surface area contributed by atoms with Gasteiger partial charge >= 0.3 is 0 Å². The summed E-state index contributed by atoms with van der Waals surface area (Å²) in [6, 6.07) is 71.7. The Morgan fingerprint density at radius 2 is 1.00 bits per heavy atom. The third-order valence-corrected chi connectivity index (χ3v) is 12.7. The number of rotatable bonds is 6. The Labute approximate surface area is 348 Å². The van der Waals surface area contributed by atoms with Gasteiger partial charge < -0.3 is 13.7 Å². The average Bonchev–Trinajstić information content (AvgIpc) is 3.94. The summed E-state index contributed by atoms with van der Waals surface area (Å²) in [5, 5.41) is 4.27. The molecule has 284 valence electrons. The number of hydrogen-bond acceptors (Lipinski definition) is 3. The number of anilines is 3. The van der Waals surface area contributed by atoms with Crippen LogP contribution in [-0.2, 0) is 5.41 Å². The summed E-state index contributed by atoms with van der Waals surface area (Å²) in [6.07, 6.45) is 0. The predicted octanol–water partition coefficient (Wildman–Crippen LogP) is 16.3. The van der Waals surface area contributed by atoms with Crippen LogP contribution in [0, 0.1) is 0 Å². The molecule has 0 radical (unpaired) electrons. The van der Waals surface area contributed by atoms with Gasteiger partial charge in [-0.2, -0.15) is 0 Å². The van der Waals surface area contributed by atoms with E-state index in [0.29, 0.717) is 0 Å². The van der Waals surface area contributed by atoms with Gasteiger partial charge in [-0.1, -0.05) is 166 Å². The van der Waals surface area contributed by atoms with Gasteiger partial charge in [0.15, 0.2) is 0 Å². The van der Waals surface area contributed by atoms with Crippen molar-refractivity contribution >= 4 is 60.9 Å². The van der Waals surface area contributed by atoms with E-state index in [1.807, 2.05) is 12.1 Å². The maximum Gasteiger partial charge on any atom is 0.144 e. The van der Waals surface area contributed by atoms with Crippen molar-refractivity contribution in [2.75, 3.05) is 4.90 Å². The monoisotopic (exact) mass is 769 g/mol. The molecule has 3 nitrogen and oxygen atoms in total. The number of fused-ring (bicyclic) bond motifs is 9. The van der Waals surface area contributed by atoms with E-state index in [4.69, 9.17) is 8.83 Å². The third kappa shape index (κ3) is 5.15. The lowest BCUT2D eigenvalue weighted by atomic mass is 9.82. The van der Waals surface area contributed by atoms with Crippen LogP contribution in [0.25, 0.3) is 88.4 Å². The summed E-state index contributed by atoms with van der Waals surface area (Å²) in [5.41, 5.74) is 18.7. The zero-order valence-electron chi connectivity index (χ0n) is 33.3. The van der Waals surface area contributed by atoms with Gasteiger partial charge in [0.05, 0.1) is 5.69 Å². The number of para-hydroxylation sites is 2. The Bertz CT molecular complexity index is 3450. The first-order chi connectivity index (χ1) is 29.5. The predicted molar refractivity (Wildman–Crippen MR) is 250 cm³/mol. The molecule has 3 heteroatoms. The fourth-order valence-electron chi connectivity index (χ4n) is 9.86. The molecular weight excluding hydrogens is 731 g/mol. The normalized spacial score (nSPS) is 13.0. The van der Waals surface area contributed by atoms with Gasteiger partial charge in [0.1, 0.15) is 22.3 Å². The minimum absolute atomic E-state index is 0.128. The van der Waals surface area contributed by atoms with E-state index < -0.39 is 0 Å². The van der Waals surface area contributed by atoms with Gasteiger partial charge in [0.25, 0.3) is 0 Å². The number of benzene rings is 9. The maximum absolute atomic E-state index is 6.89. The summed E-state index contributed by atoms with van der Waals surface area (Å²) < 4.78 is 13.5. The van der Waals surface area contributed by atoms with Gasteiger partial charge in [-0.25, -0.2) is 0 Å². The van der Waals surface area contributed by atoms with Crippen molar-refractivity contribution < 1.29 is 8.83 Å². The number of nitrogens with zero attached hydrogens (tertiary/aromatic N) is 1. The highest BCUT2D eigenvalue weighted by atomic mass is 16.3. The van der Waals surface area contributed by atoms with Crippen molar-refractivity contribution in [3.8, 4) is 44.5 Å². The molecule has 1 aliphatic rings. The zero-order chi connectivity index (χ0) is 40.0. The molecule has 0 bridgehead atoms. The molecule has 0 fully saturated rings. The molecule has 12 rings (SSSR count). The van der Waals surface area contributed by atoms with Crippen LogP contribution in [-0.4, -0.2) is 0 Å². The van der Waals surface area contributed by atoms with Gasteiger partial charge in [-0.15, -0.1) is 0 Å². The zero-order valence-corrected chi connectivity index (χ0v) is 33.3. The van der Waals surface area contributed by atoms with E-state index in [2.05, 4.69) is 207 Å². The Morgan fingerprint density at radius 3 is 1.82 bits per heavy atom. The molecule has 1 aliphatic carbocycles. The van der Waals surface area contributed by atoms with Crippen molar-refractivity contribution in [1.29, 1.82) is 0 Å². The molecule has 0 aliphatic heterocycles. The van der Waals surface area contributed by atoms with Crippen LogP contribution in [0.1, 0.15) is 25.0 Å². The summed E-state index contributed by atoms with van der Waals surface area (Å²) in [4.78, 5) is 2.42. The molecule has 0 saturated carbocycles. The highest BCUT2D eigenvalue weighted by Crippen LogP contribution is 2.52. The smallest absolute Gasteiger partial charge is 0.144 e. The van der Waals surface area contributed by atoms with Crippen LogP contribution in [0.15, 0.2) is 209 Å². The second-order valence-electron chi connectivity index (χ2n) is 16.4. The van der Waals surface area contributed by atoms with E-state index in [-0.39, 0.29) is 5.41 Å². The highest BCUT2D eigenvalue weighted by Gasteiger charge is 2.36. The lowest BCUT2D eigenvalue weighted by molar-refractivity contribution is 0.660. The lowest BCUT2D eigenvalue weighted by Gasteiger charge is -2.30. The standard InChI is InChI=1S/C57H39NO2/c1-57(2)47-24-12-9-21-43(47)44-33-32-40(34-48(44)57)58(49-25-13-10-20-41(49)36-16-5-3-6-17-36)39-30-28-37(29-31-39)42-23-15-27-51-54(42)46-35-52-55(45-22-11-14-26-50(45)59-52)53(56(46)60-51)38-18-7-4-8-19-38/h3-35H,1-2H3. The van der Waals surface area contributed by atoms with Crippen LogP contribution in [0.2, 0.25) is 0 Å². The summed E-state index contributed by atoms with van der Waals surface area (Å²) >= 11 is 0. The van der Waals surface area contributed by atoms with Crippen molar-refractivity contribution in [3.05, 3.63) is 211 Å². The first kappa shape index (κ1) is 34.4. The topological polar surface area (TPSA) is 29.5 Å². The van der Waals surface area contributed by atoms with E-state index >= 15 is 0 Å². The lowest BCUT2D eigenvalue weighted by Crippen LogP contribution is -2.16. The van der Waals surface area contributed by atoms with Crippen LogP contribution in [0.3, 0.4) is 0 Å². The SMILES string of the molecule is CC1(C)c2ccccc2-c2ccc(N(c3ccc(-c4cccc5oc6c(-c7ccccc7)c7c(cc6c45)oc4ccccc47)cc3)c3ccccc3-c3ccccc3)cc21. The van der Waals surface area contributed by atoms with Gasteiger partial charge in [-0.3, -0.25) is 0 Å². The van der Waals surface area contributed by atoms with Gasteiger partial charge in [0.2, 0.25) is 0 Å². The van der Waals surface area contributed by atoms with Crippen molar-refractivity contribution in [1.82, 2.24) is 0 Å². The summed E-state index contributed by atoms with van der Waals surface area (Å²) in [7, 11) is 0. The Kier molecular flexibility index (Phi) is 7.58. The quantitative estimate of drug-likeness (QED) is 0.169. The molecule has 2 heterocycles. The molecule has 9 aromatic carbocycles. The Hall–Kier alpha value is -7.62. The molecule has 0 saturated heterocycles. The van der Waals surface area contributed by atoms with E-state index in [1.54, 1.807) is 0 Å². The second-order valence-corrected chi connectivity index (χ2v) is 16.4. The Morgan fingerprint density at radius 1 is 0.383 bits per heavy atom. The van der Waals surface area contributed by atoms with E-state index in [9.17, 15) is 0 Å². The summed E-state index contributed by atoms with van der Waals surface area (Å²) in [6.45, 7) is 4.70. The van der Waals surface area contributed by atoms with Crippen LogP contribution in [0.5, 0.6) is 0 Å². The minimum atomic E-state index is -0.128. The van der Waals surface area contributed by atoms with Crippen molar-refractivity contribution in [2.24, 2.45) is 0 Å². The van der Waals surface area contributed by atoms with Gasteiger partial charge in [-0.05, 0) is 93.0 Å². The molecule has 0 atom stereocenters. The van der Waals surface area contributed by atoms with Crippen LogP contribution >= 0.6 is 0 Å². The molecule has 11 aromatic rings. The van der Waals surface area contributed by atoms with Crippen LogP contribution in [0.4, 0.5) is 17.1 Å². The first-order valence-electron chi connectivity index (χ1n) is 20.7. The van der Waals surface area contributed by atoms with E-state index in [1.165, 1.54) is 33.4 Å². The number of furan rings is 2. The Balaban J connectivity index is 1.04. The molecule has 0 amide bonds. The maximum atomic E-state index is 6.89. The third-order valence-electron chi connectivity index (χ3n) is 12.7.